The molecule has 1 unspecified atom stereocenters. The van der Waals surface area contributed by atoms with Gasteiger partial charge in [-0.1, -0.05) is 33.6 Å². The Morgan fingerprint density at radius 1 is 1.59 bits per heavy atom. The molecule has 22 heavy (non-hydrogen) atoms. The number of halogens is 2. The predicted molar refractivity (Wildman–Crippen MR) is 87.5 cm³/mol. The van der Waals surface area contributed by atoms with Crippen molar-refractivity contribution in [2.45, 2.75) is 25.8 Å². The van der Waals surface area contributed by atoms with Gasteiger partial charge in [-0.05, 0) is 19.4 Å². The van der Waals surface area contributed by atoms with Crippen LogP contribution in [-0.4, -0.2) is 36.2 Å². The van der Waals surface area contributed by atoms with Crippen molar-refractivity contribution >= 4 is 39.4 Å². The van der Waals surface area contributed by atoms with Crippen LogP contribution in [0.5, 0.6) is 0 Å². The largest absolute Gasteiger partial charge is 0.506 e. The maximum absolute atomic E-state index is 11.7. The molecule has 0 saturated carbocycles. The summed E-state index contributed by atoms with van der Waals surface area (Å²) >= 11 is 9.31. The fourth-order valence-electron chi connectivity index (χ4n) is 1.89. The van der Waals surface area contributed by atoms with Gasteiger partial charge in [-0.3, -0.25) is 9.59 Å². The Balaban J connectivity index is 3.06. The number of allylic oxidation sites excluding steroid dienone is 4. The zero-order valence-electron chi connectivity index (χ0n) is 12.1. The summed E-state index contributed by atoms with van der Waals surface area (Å²) in [6.45, 7) is 1.68. The van der Waals surface area contributed by atoms with E-state index in [2.05, 4.69) is 21.2 Å². The molecule has 1 aliphatic carbocycles. The standard InChI is InChI=1S/C14H18BrClN2O4/c1-2-22-13(20)6-11(18-12(19)7-17)9-4-3-8(15)5-10(16)14(9)21/h4-5,11,21H,2-3,6-7,17H2,1H3,(H,18,19). The number of esters is 1. The summed E-state index contributed by atoms with van der Waals surface area (Å²) in [4.78, 5) is 23.3. The first-order valence-corrected chi connectivity index (χ1v) is 7.86. The molecule has 0 spiro atoms. The first kappa shape index (κ1) is 18.7. The van der Waals surface area contributed by atoms with Gasteiger partial charge in [-0.25, -0.2) is 0 Å². The average molecular weight is 394 g/mol. The second kappa shape index (κ2) is 8.97. The Bertz CT molecular complexity index is 543. The molecule has 0 aromatic carbocycles. The van der Waals surface area contributed by atoms with Crippen molar-refractivity contribution in [3.8, 4) is 0 Å². The minimum atomic E-state index is -0.768. The SMILES string of the molecule is CCOC(=O)CC(NC(=O)CN)C1=CCC(Br)=CC(Cl)=C1O. The topological polar surface area (TPSA) is 102 Å². The third kappa shape index (κ3) is 5.47. The van der Waals surface area contributed by atoms with Gasteiger partial charge in [0.1, 0.15) is 5.76 Å². The summed E-state index contributed by atoms with van der Waals surface area (Å²) in [7, 11) is 0. The number of nitrogens with two attached hydrogens (primary N) is 1. The van der Waals surface area contributed by atoms with Crippen molar-refractivity contribution in [1.29, 1.82) is 0 Å². The van der Waals surface area contributed by atoms with Gasteiger partial charge in [0.25, 0.3) is 0 Å². The molecule has 0 radical (unpaired) electrons. The molecule has 4 N–H and O–H groups in total. The van der Waals surface area contributed by atoms with Crippen molar-refractivity contribution in [3.63, 3.8) is 0 Å². The number of amides is 1. The molecule has 1 atom stereocenters. The Hall–Kier alpha value is -1.31. The predicted octanol–water partition coefficient (Wildman–Crippen LogP) is 2.00. The van der Waals surface area contributed by atoms with E-state index < -0.39 is 17.9 Å². The van der Waals surface area contributed by atoms with Crippen LogP contribution in [0.1, 0.15) is 19.8 Å². The molecular formula is C14H18BrClN2O4. The van der Waals surface area contributed by atoms with Gasteiger partial charge in [-0.2, -0.15) is 0 Å². The lowest BCUT2D eigenvalue weighted by Crippen LogP contribution is -2.41. The fraction of sp³-hybridized carbons (Fsp3) is 0.429. The number of nitrogens with one attached hydrogen (secondary N) is 1. The average Bonchev–Trinajstić information content (AvgIpc) is 2.58. The summed E-state index contributed by atoms with van der Waals surface area (Å²) in [5.41, 5.74) is 5.64. The van der Waals surface area contributed by atoms with Gasteiger partial charge in [0.05, 0.1) is 30.6 Å². The van der Waals surface area contributed by atoms with Gasteiger partial charge in [0, 0.05) is 10.1 Å². The smallest absolute Gasteiger partial charge is 0.308 e. The third-order valence-corrected chi connectivity index (χ3v) is 3.71. The number of carbonyl (C=O) groups excluding carboxylic acids is 2. The van der Waals surface area contributed by atoms with Crippen molar-refractivity contribution in [2.75, 3.05) is 13.2 Å². The van der Waals surface area contributed by atoms with Crippen LogP contribution in [0.2, 0.25) is 0 Å². The van der Waals surface area contributed by atoms with E-state index in [-0.39, 0.29) is 30.4 Å². The van der Waals surface area contributed by atoms with Crippen molar-refractivity contribution in [1.82, 2.24) is 5.32 Å². The van der Waals surface area contributed by atoms with Crippen LogP contribution in [0.15, 0.2) is 33.0 Å². The monoisotopic (exact) mass is 392 g/mol. The molecule has 0 aromatic rings. The molecule has 1 amide bonds. The first-order chi connectivity index (χ1) is 10.4. The first-order valence-electron chi connectivity index (χ1n) is 6.69. The maximum atomic E-state index is 11.7. The van der Waals surface area contributed by atoms with Crippen molar-refractivity contribution < 1.29 is 19.4 Å². The molecule has 0 aliphatic heterocycles. The quantitative estimate of drug-likeness (QED) is 0.599. The molecule has 0 fully saturated rings. The van der Waals surface area contributed by atoms with Crippen LogP contribution in [0.3, 0.4) is 0 Å². The van der Waals surface area contributed by atoms with Gasteiger partial charge < -0.3 is 20.9 Å². The highest BCUT2D eigenvalue weighted by Gasteiger charge is 2.25. The van der Waals surface area contributed by atoms with E-state index in [9.17, 15) is 14.7 Å². The van der Waals surface area contributed by atoms with Crippen LogP contribution in [-0.2, 0) is 14.3 Å². The minimum Gasteiger partial charge on any atom is -0.506 e. The van der Waals surface area contributed by atoms with Gasteiger partial charge in [0.15, 0.2) is 0 Å². The lowest BCUT2D eigenvalue weighted by molar-refractivity contribution is -0.143. The maximum Gasteiger partial charge on any atom is 0.308 e. The summed E-state index contributed by atoms with van der Waals surface area (Å²) in [6.07, 6.45) is 3.59. The molecular weight excluding hydrogens is 376 g/mol. The zero-order valence-corrected chi connectivity index (χ0v) is 14.4. The molecule has 122 valence electrons. The highest BCUT2D eigenvalue weighted by molar-refractivity contribution is 9.11. The number of rotatable bonds is 6. The summed E-state index contributed by atoms with van der Waals surface area (Å²) in [5, 5.41) is 12.9. The van der Waals surface area contributed by atoms with E-state index in [1.54, 1.807) is 19.1 Å². The highest BCUT2D eigenvalue weighted by Crippen LogP contribution is 2.29. The van der Waals surface area contributed by atoms with E-state index in [1.165, 1.54) is 0 Å². The number of hydrogen-bond donors (Lipinski definition) is 3. The number of carbonyl (C=O) groups is 2. The minimum absolute atomic E-state index is 0.117. The molecule has 6 nitrogen and oxygen atoms in total. The second-order valence-electron chi connectivity index (χ2n) is 4.48. The Labute approximate surface area is 142 Å². The number of hydrogen-bond acceptors (Lipinski definition) is 5. The Morgan fingerprint density at radius 2 is 2.27 bits per heavy atom. The third-order valence-electron chi connectivity index (χ3n) is 2.87. The van der Waals surface area contributed by atoms with Crippen LogP contribution >= 0.6 is 27.5 Å². The Morgan fingerprint density at radius 3 is 2.86 bits per heavy atom. The summed E-state index contributed by atoms with van der Waals surface area (Å²) < 4.78 is 5.65. The molecule has 8 heteroatoms. The summed E-state index contributed by atoms with van der Waals surface area (Å²) in [6, 6.07) is -0.768. The van der Waals surface area contributed by atoms with Crippen molar-refractivity contribution in [2.24, 2.45) is 5.73 Å². The van der Waals surface area contributed by atoms with E-state index in [1.807, 2.05) is 0 Å². The highest BCUT2D eigenvalue weighted by atomic mass is 79.9. The normalized spacial score (nSPS) is 16.4. The Kier molecular flexibility index (Phi) is 7.64. The van der Waals surface area contributed by atoms with E-state index >= 15 is 0 Å². The van der Waals surface area contributed by atoms with Gasteiger partial charge >= 0.3 is 5.97 Å². The van der Waals surface area contributed by atoms with E-state index in [0.717, 1.165) is 4.48 Å². The van der Waals surface area contributed by atoms with E-state index in [0.29, 0.717) is 12.0 Å². The molecule has 1 aliphatic rings. The number of ether oxygens (including phenoxy) is 1. The lowest BCUT2D eigenvalue weighted by atomic mass is 10.0. The van der Waals surface area contributed by atoms with Crippen LogP contribution in [0.25, 0.3) is 0 Å². The molecule has 0 bridgehead atoms. The fourth-order valence-corrected chi connectivity index (χ4v) is 2.66. The molecule has 0 heterocycles. The van der Waals surface area contributed by atoms with Crippen molar-refractivity contribution in [3.05, 3.63) is 33.0 Å². The molecule has 0 aromatic heterocycles. The van der Waals surface area contributed by atoms with Crippen LogP contribution in [0, 0.1) is 0 Å². The van der Waals surface area contributed by atoms with Crippen LogP contribution in [0.4, 0.5) is 0 Å². The number of aliphatic hydroxyl groups excluding tert-OH is 1. The molecule has 0 saturated heterocycles. The zero-order chi connectivity index (χ0) is 16.7. The number of aliphatic hydroxyl groups is 1. The summed E-state index contributed by atoms with van der Waals surface area (Å²) in [5.74, 6) is -1.14. The van der Waals surface area contributed by atoms with Gasteiger partial charge in [0.2, 0.25) is 5.91 Å². The molecule has 1 rings (SSSR count). The van der Waals surface area contributed by atoms with Crippen LogP contribution < -0.4 is 11.1 Å². The lowest BCUT2D eigenvalue weighted by Gasteiger charge is -2.21. The second-order valence-corrected chi connectivity index (χ2v) is 5.91. The van der Waals surface area contributed by atoms with E-state index in [4.69, 9.17) is 22.1 Å². The van der Waals surface area contributed by atoms with Gasteiger partial charge in [-0.15, -0.1) is 0 Å².